The van der Waals surface area contributed by atoms with Crippen molar-refractivity contribution < 1.29 is 0 Å². The molecule has 0 bridgehead atoms. The summed E-state index contributed by atoms with van der Waals surface area (Å²) in [4.78, 5) is 1.29. The molecule has 2 rings (SSSR count). The molecule has 1 atom stereocenters. The van der Waals surface area contributed by atoms with Crippen LogP contribution in [0.3, 0.4) is 0 Å². The maximum atomic E-state index is 5.72. The van der Waals surface area contributed by atoms with Crippen molar-refractivity contribution in [1.29, 1.82) is 0 Å². The molecule has 0 spiro atoms. The van der Waals surface area contributed by atoms with Gasteiger partial charge in [-0.05, 0) is 70.3 Å². The maximum absolute atomic E-state index is 5.72. The first-order valence-electron chi connectivity index (χ1n) is 5.08. The minimum absolute atomic E-state index is 0.0327. The summed E-state index contributed by atoms with van der Waals surface area (Å²) in [6.45, 7) is 2.12. The van der Waals surface area contributed by atoms with Gasteiger partial charge in [0.2, 0.25) is 0 Å². The third-order valence-corrected chi connectivity index (χ3v) is 4.90. The molecular weight excluding hydrogens is 411 g/mol. The Bertz CT molecular complexity index is 527. The van der Waals surface area contributed by atoms with Crippen molar-refractivity contribution in [2.75, 3.05) is 0 Å². The van der Waals surface area contributed by atoms with Gasteiger partial charge in [0.05, 0.1) is 6.04 Å². The van der Waals surface area contributed by atoms with Crippen LogP contribution in [0.25, 0.3) is 0 Å². The fourth-order valence-corrected chi connectivity index (χ4v) is 3.51. The lowest BCUT2D eigenvalue weighted by molar-refractivity contribution is 0.633. The van der Waals surface area contributed by atoms with Crippen molar-refractivity contribution in [3.8, 4) is 0 Å². The second kappa shape index (κ2) is 5.79. The summed E-state index contributed by atoms with van der Waals surface area (Å²) in [6, 6.07) is 8.43. The van der Waals surface area contributed by atoms with Gasteiger partial charge < -0.3 is 0 Å². The maximum Gasteiger partial charge on any atom is 0.0731 e. The van der Waals surface area contributed by atoms with E-state index in [0.29, 0.717) is 0 Å². The highest BCUT2D eigenvalue weighted by Gasteiger charge is 2.18. The average Bonchev–Trinajstić information content (AvgIpc) is 2.71. The van der Waals surface area contributed by atoms with E-state index in [9.17, 15) is 0 Å². The van der Waals surface area contributed by atoms with Crippen LogP contribution in [0.4, 0.5) is 0 Å². The summed E-state index contributed by atoms with van der Waals surface area (Å²) in [5.74, 6) is 5.72. The van der Waals surface area contributed by atoms with Crippen LogP contribution >= 0.6 is 49.9 Å². The van der Waals surface area contributed by atoms with Crippen molar-refractivity contribution >= 4 is 49.9 Å². The number of aryl methyl sites for hydroxylation is 1. The highest BCUT2D eigenvalue weighted by atomic mass is 127. The van der Waals surface area contributed by atoms with Gasteiger partial charge in [-0.3, -0.25) is 5.84 Å². The van der Waals surface area contributed by atoms with Crippen molar-refractivity contribution in [1.82, 2.24) is 5.43 Å². The molecule has 0 aliphatic carbocycles. The zero-order valence-corrected chi connectivity index (χ0v) is 13.8. The predicted molar refractivity (Wildman–Crippen MR) is 85.1 cm³/mol. The van der Waals surface area contributed by atoms with Crippen molar-refractivity contribution in [2.45, 2.75) is 13.0 Å². The van der Waals surface area contributed by atoms with Gasteiger partial charge in [0.1, 0.15) is 0 Å². The molecule has 1 aromatic carbocycles. The first kappa shape index (κ1) is 13.5. The lowest BCUT2D eigenvalue weighted by atomic mass is 10.0. The zero-order valence-electron chi connectivity index (χ0n) is 9.21. The van der Waals surface area contributed by atoms with E-state index in [2.05, 4.69) is 80.5 Å². The molecule has 2 nitrogen and oxygen atoms in total. The van der Waals surface area contributed by atoms with Gasteiger partial charge in [-0.2, -0.15) is 0 Å². The Balaban J connectivity index is 2.49. The molecule has 0 amide bonds. The molecule has 0 aliphatic rings. The quantitative estimate of drug-likeness (QED) is 0.446. The van der Waals surface area contributed by atoms with Gasteiger partial charge in [0.25, 0.3) is 0 Å². The summed E-state index contributed by atoms with van der Waals surface area (Å²) >= 11 is 7.64. The van der Waals surface area contributed by atoms with Crippen molar-refractivity contribution in [2.24, 2.45) is 5.84 Å². The van der Waals surface area contributed by atoms with E-state index >= 15 is 0 Å². The van der Waals surface area contributed by atoms with E-state index in [1.54, 1.807) is 11.3 Å². The molecular formula is C12H12BrIN2S. The van der Waals surface area contributed by atoms with Gasteiger partial charge in [-0.1, -0.05) is 15.9 Å². The van der Waals surface area contributed by atoms with Crippen LogP contribution in [0, 0.1) is 10.5 Å². The Morgan fingerprint density at radius 2 is 2.12 bits per heavy atom. The molecule has 0 saturated carbocycles. The summed E-state index contributed by atoms with van der Waals surface area (Å²) in [6.07, 6.45) is 0. The molecule has 2 aromatic rings. The number of hydrogen-bond acceptors (Lipinski definition) is 3. The Hall–Kier alpha value is 0.0500. The van der Waals surface area contributed by atoms with Crippen molar-refractivity contribution in [3.05, 3.63) is 53.7 Å². The number of hydrazine groups is 1. The standard InChI is InChI=1S/C12H12BrIN2S/c1-7-9(4-5-17-7)12(16-15)10-6-8(14)2-3-11(10)13/h2-6,12,16H,15H2,1H3. The van der Waals surface area contributed by atoms with Crippen LogP contribution in [0.15, 0.2) is 34.1 Å². The fraction of sp³-hybridized carbons (Fsp3) is 0.167. The molecule has 0 saturated heterocycles. The Morgan fingerprint density at radius 3 is 2.71 bits per heavy atom. The molecule has 5 heteroatoms. The Labute approximate surface area is 127 Å². The summed E-state index contributed by atoms with van der Waals surface area (Å²) in [5.41, 5.74) is 5.31. The molecule has 17 heavy (non-hydrogen) atoms. The first-order valence-corrected chi connectivity index (χ1v) is 7.83. The Morgan fingerprint density at radius 1 is 1.35 bits per heavy atom. The molecule has 90 valence electrons. The van der Waals surface area contributed by atoms with Crippen molar-refractivity contribution in [3.63, 3.8) is 0 Å². The molecule has 0 radical (unpaired) electrons. The predicted octanol–water partition coefficient (Wildman–Crippen LogP) is 3.98. The normalized spacial score (nSPS) is 12.7. The van der Waals surface area contributed by atoms with Crippen LogP contribution in [0.1, 0.15) is 22.0 Å². The second-order valence-corrected chi connectivity index (χ2v) is 6.92. The van der Waals surface area contributed by atoms with E-state index in [-0.39, 0.29) is 6.04 Å². The second-order valence-electron chi connectivity index (χ2n) is 3.70. The SMILES string of the molecule is Cc1sccc1C(NN)c1cc(I)ccc1Br. The highest BCUT2D eigenvalue weighted by molar-refractivity contribution is 14.1. The number of hydrogen-bond donors (Lipinski definition) is 2. The number of rotatable bonds is 3. The molecule has 1 heterocycles. The van der Waals surface area contributed by atoms with Gasteiger partial charge in [-0.25, -0.2) is 5.43 Å². The van der Waals surface area contributed by atoms with E-state index in [1.165, 1.54) is 19.6 Å². The summed E-state index contributed by atoms with van der Waals surface area (Å²) < 4.78 is 2.28. The smallest absolute Gasteiger partial charge is 0.0731 e. The topological polar surface area (TPSA) is 38.0 Å². The first-order chi connectivity index (χ1) is 8.13. The lowest BCUT2D eigenvalue weighted by Crippen LogP contribution is -2.29. The van der Waals surface area contributed by atoms with E-state index < -0.39 is 0 Å². The van der Waals surface area contributed by atoms with E-state index in [4.69, 9.17) is 5.84 Å². The molecule has 1 aromatic heterocycles. The third-order valence-electron chi connectivity index (χ3n) is 2.65. The third kappa shape index (κ3) is 2.90. The Kier molecular flexibility index (Phi) is 4.59. The zero-order chi connectivity index (χ0) is 12.4. The average molecular weight is 423 g/mol. The van der Waals surface area contributed by atoms with E-state index in [1.807, 2.05) is 0 Å². The molecule has 3 N–H and O–H groups in total. The number of benzene rings is 1. The van der Waals surface area contributed by atoms with Gasteiger partial charge >= 0.3 is 0 Å². The van der Waals surface area contributed by atoms with Gasteiger partial charge in [0, 0.05) is 12.9 Å². The number of thiophene rings is 1. The highest BCUT2D eigenvalue weighted by Crippen LogP contribution is 2.32. The lowest BCUT2D eigenvalue weighted by Gasteiger charge is -2.18. The fourth-order valence-electron chi connectivity index (χ4n) is 1.78. The summed E-state index contributed by atoms with van der Waals surface area (Å²) in [5, 5.41) is 2.09. The minimum atomic E-state index is 0.0327. The van der Waals surface area contributed by atoms with E-state index in [0.717, 1.165) is 4.47 Å². The molecule has 1 unspecified atom stereocenters. The number of nitrogens with two attached hydrogens (primary N) is 1. The van der Waals surface area contributed by atoms with Gasteiger partial charge in [0.15, 0.2) is 0 Å². The van der Waals surface area contributed by atoms with Crippen LogP contribution in [-0.4, -0.2) is 0 Å². The van der Waals surface area contributed by atoms with Crippen LogP contribution in [-0.2, 0) is 0 Å². The van der Waals surface area contributed by atoms with Crippen LogP contribution in [0.2, 0.25) is 0 Å². The minimum Gasteiger partial charge on any atom is -0.271 e. The monoisotopic (exact) mass is 422 g/mol. The largest absolute Gasteiger partial charge is 0.271 e. The summed E-state index contributed by atoms with van der Waals surface area (Å²) in [7, 11) is 0. The van der Waals surface area contributed by atoms with Crippen LogP contribution in [0.5, 0.6) is 0 Å². The molecule has 0 aliphatic heterocycles. The van der Waals surface area contributed by atoms with Gasteiger partial charge in [-0.15, -0.1) is 11.3 Å². The molecule has 0 fully saturated rings. The number of halogens is 2. The van der Waals surface area contributed by atoms with Crippen LogP contribution < -0.4 is 11.3 Å². The number of nitrogens with one attached hydrogen (secondary N) is 1.